The van der Waals surface area contributed by atoms with Crippen molar-refractivity contribution in [1.29, 1.82) is 0 Å². The van der Waals surface area contributed by atoms with Gasteiger partial charge in [0.1, 0.15) is 0 Å². The van der Waals surface area contributed by atoms with Crippen LogP contribution in [0, 0.1) is 0 Å². The lowest BCUT2D eigenvalue weighted by atomic mass is 10.1. The number of aromatic nitrogens is 1. The van der Waals surface area contributed by atoms with E-state index in [2.05, 4.69) is 20.9 Å². The van der Waals surface area contributed by atoms with Crippen LogP contribution in [-0.2, 0) is 0 Å². The van der Waals surface area contributed by atoms with Crippen molar-refractivity contribution in [2.45, 2.75) is 12.8 Å². The lowest BCUT2D eigenvalue weighted by Gasteiger charge is -1.97. The summed E-state index contributed by atoms with van der Waals surface area (Å²) in [6, 6.07) is 5.85. The maximum absolute atomic E-state index is 11.9. The van der Waals surface area contributed by atoms with Crippen molar-refractivity contribution in [2.24, 2.45) is 0 Å². The lowest BCUT2D eigenvalue weighted by molar-refractivity contribution is 0.0983. The van der Waals surface area contributed by atoms with E-state index < -0.39 is 0 Å². The first kappa shape index (κ1) is 11.7. The van der Waals surface area contributed by atoms with Crippen LogP contribution in [0.15, 0.2) is 28.9 Å². The molecule has 0 atom stereocenters. The highest BCUT2D eigenvalue weighted by molar-refractivity contribution is 9.10. The maximum Gasteiger partial charge on any atom is 0.165 e. The number of aromatic amines is 1. The van der Waals surface area contributed by atoms with Crippen LogP contribution in [0.4, 0.5) is 0 Å². The molecular weight excluding hydrogens is 289 g/mol. The van der Waals surface area contributed by atoms with E-state index in [0.29, 0.717) is 12.3 Å². The molecule has 2 nitrogen and oxygen atoms in total. The molecule has 84 valence electrons. The van der Waals surface area contributed by atoms with Crippen LogP contribution in [0.3, 0.4) is 0 Å². The molecule has 0 spiro atoms. The van der Waals surface area contributed by atoms with Crippen molar-refractivity contribution in [3.8, 4) is 0 Å². The number of rotatable bonds is 4. The fourth-order valence-corrected chi connectivity index (χ4v) is 2.19. The Morgan fingerprint density at radius 1 is 1.44 bits per heavy atom. The molecule has 0 aliphatic heterocycles. The van der Waals surface area contributed by atoms with E-state index in [1.54, 1.807) is 6.20 Å². The fourth-order valence-electron chi connectivity index (χ4n) is 1.69. The van der Waals surface area contributed by atoms with Crippen LogP contribution in [0.25, 0.3) is 10.9 Å². The van der Waals surface area contributed by atoms with Crippen LogP contribution in [0.2, 0.25) is 0 Å². The molecule has 0 aliphatic carbocycles. The summed E-state index contributed by atoms with van der Waals surface area (Å²) in [4.78, 5) is 15.0. The highest BCUT2D eigenvalue weighted by atomic mass is 79.9. The summed E-state index contributed by atoms with van der Waals surface area (Å²) in [5.41, 5.74) is 1.73. The van der Waals surface area contributed by atoms with Crippen molar-refractivity contribution in [3.63, 3.8) is 0 Å². The molecule has 0 amide bonds. The summed E-state index contributed by atoms with van der Waals surface area (Å²) in [5.74, 6) is 0.675. The Hall–Kier alpha value is -0.800. The Kier molecular flexibility index (Phi) is 3.66. The SMILES string of the molecule is O=C(CCCCl)c1c[nH]c2cc(Br)ccc12. The van der Waals surface area contributed by atoms with Gasteiger partial charge in [0.05, 0.1) is 0 Å². The molecule has 2 rings (SSSR count). The Bertz CT molecular complexity index is 521. The number of hydrogen-bond donors (Lipinski definition) is 1. The quantitative estimate of drug-likeness (QED) is 0.668. The summed E-state index contributed by atoms with van der Waals surface area (Å²) in [7, 11) is 0. The molecule has 0 radical (unpaired) electrons. The van der Waals surface area contributed by atoms with Crippen LogP contribution < -0.4 is 0 Å². The highest BCUT2D eigenvalue weighted by Gasteiger charge is 2.11. The maximum atomic E-state index is 11.9. The van der Waals surface area contributed by atoms with Gasteiger partial charge in [-0.3, -0.25) is 4.79 Å². The van der Waals surface area contributed by atoms with Crippen molar-refractivity contribution in [1.82, 2.24) is 4.98 Å². The molecule has 1 aromatic carbocycles. The zero-order chi connectivity index (χ0) is 11.5. The topological polar surface area (TPSA) is 32.9 Å². The first-order valence-corrected chi connectivity index (χ1v) is 6.41. The van der Waals surface area contributed by atoms with Crippen LogP contribution >= 0.6 is 27.5 Å². The Labute approximate surface area is 107 Å². The van der Waals surface area contributed by atoms with Gasteiger partial charge in [-0.15, -0.1) is 11.6 Å². The van der Waals surface area contributed by atoms with Gasteiger partial charge in [-0.1, -0.05) is 22.0 Å². The average molecular weight is 301 g/mol. The summed E-state index contributed by atoms with van der Waals surface area (Å²) in [6.07, 6.45) is 3.00. The highest BCUT2D eigenvalue weighted by Crippen LogP contribution is 2.23. The second-order valence-electron chi connectivity index (χ2n) is 3.61. The lowest BCUT2D eigenvalue weighted by Crippen LogP contribution is -1.97. The van der Waals surface area contributed by atoms with Gasteiger partial charge in [0.2, 0.25) is 0 Å². The van der Waals surface area contributed by atoms with Crippen molar-refractivity contribution in [2.75, 3.05) is 5.88 Å². The number of halogens is 2. The minimum absolute atomic E-state index is 0.147. The standard InChI is InChI=1S/C12H11BrClNO/c13-8-3-4-9-10(7-15-11(9)6-8)12(16)2-1-5-14/h3-4,6-7,15H,1-2,5H2. The van der Waals surface area contributed by atoms with E-state index in [1.165, 1.54) is 0 Å². The molecule has 0 fully saturated rings. The van der Waals surface area contributed by atoms with Gasteiger partial charge in [-0.25, -0.2) is 0 Å². The number of H-pyrrole nitrogens is 1. The average Bonchev–Trinajstić information content (AvgIpc) is 2.68. The zero-order valence-electron chi connectivity index (χ0n) is 8.59. The second-order valence-corrected chi connectivity index (χ2v) is 4.90. The molecule has 2 aromatic rings. The predicted octanol–water partition coefficient (Wildman–Crippen LogP) is 4.13. The fraction of sp³-hybridized carbons (Fsp3) is 0.250. The third kappa shape index (κ3) is 2.30. The first-order chi connectivity index (χ1) is 7.72. The molecule has 0 unspecified atom stereocenters. The number of fused-ring (bicyclic) bond motifs is 1. The second kappa shape index (κ2) is 5.02. The Balaban J connectivity index is 2.34. The van der Waals surface area contributed by atoms with Gasteiger partial charge in [-0.2, -0.15) is 0 Å². The van der Waals surface area contributed by atoms with Crippen LogP contribution in [0.5, 0.6) is 0 Å². The molecule has 0 saturated heterocycles. The Morgan fingerprint density at radius 3 is 3.00 bits per heavy atom. The van der Waals surface area contributed by atoms with Gasteiger partial charge >= 0.3 is 0 Å². The van der Waals surface area contributed by atoms with E-state index in [-0.39, 0.29) is 5.78 Å². The predicted molar refractivity (Wildman–Crippen MR) is 70.3 cm³/mol. The van der Waals surface area contributed by atoms with Gasteiger partial charge in [0, 0.05) is 39.4 Å². The third-order valence-corrected chi connectivity index (χ3v) is 3.24. The van der Waals surface area contributed by atoms with E-state index in [0.717, 1.165) is 27.4 Å². The number of benzene rings is 1. The van der Waals surface area contributed by atoms with E-state index in [9.17, 15) is 4.79 Å². The van der Waals surface area contributed by atoms with E-state index in [1.807, 2.05) is 18.2 Å². The molecular formula is C12H11BrClNO. The molecule has 1 heterocycles. The molecule has 4 heteroatoms. The molecule has 0 aliphatic rings. The number of Topliss-reactive ketones (excluding diaryl/α,β-unsaturated/α-hetero) is 1. The van der Waals surface area contributed by atoms with Crippen molar-refractivity contribution in [3.05, 3.63) is 34.4 Å². The number of alkyl halides is 1. The Morgan fingerprint density at radius 2 is 2.25 bits per heavy atom. The smallest absolute Gasteiger partial charge is 0.165 e. The number of carbonyl (C=O) groups is 1. The summed E-state index contributed by atoms with van der Waals surface area (Å²) in [6.45, 7) is 0. The van der Waals surface area contributed by atoms with E-state index in [4.69, 9.17) is 11.6 Å². The van der Waals surface area contributed by atoms with Gasteiger partial charge in [0.25, 0.3) is 0 Å². The molecule has 0 saturated carbocycles. The van der Waals surface area contributed by atoms with Crippen LogP contribution in [-0.4, -0.2) is 16.6 Å². The summed E-state index contributed by atoms with van der Waals surface area (Å²) < 4.78 is 1.00. The van der Waals surface area contributed by atoms with Crippen molar-refractivity contribution < 1.29 is 4.79 Å². The van der Waals surface area contributed by atoms with Gasteiger partial charge < -0.3 is 4.98 Å². The third-order valence-electron chi connectivity index (χ3n) is 2.48. The molecule has 0 bridgehead atoms. The largest absolute Gasteiger partial charge is 0.360 e. The summed E-state index contributed by atoms with van der Waals surface area (Å²) >= 11 is 8.98. The number of ketones is 1. The number of carbonyl (C=O) groups excluding carboxylic acids is 1. The van der Waals surface area contributed by atoms with Crippen LogP contribution in [0.1, 0.15) is 23.2 Å². The van der Waals surface area contributed by atoms with E-state index >= 15 is 0 Å². The minimum Gasteiger partial charge on any atom is -0.360 e. The zero-order valence-corrected chi connectivity index (χ0v) is 10.9. The van der Waals surface area contributed by atoms with Gasteiger partial charge in [-0.05, 0) is 18.6 Å². The summed E-state index contributed by atoms with van der Waals surface area (Å²) in [5, 5.41) is 0.975. The number of hydrogen-bond acceptors (Lipinski definition) is 1. The minimum atomic E-state index is 0.147. The first-order valence-electron chi connectivity index (χ1n) is 5.08. The van der Waals surface area contributed by atoms with Crippen molar-refractivity contribution >= 4 is 44.2 Å². The molecule has 1 N–H and O–H groups in total. The molecule has 16 heavy (non-hydrogen) atoms. The van der Waals surface area contributed by atoms with Gasteiger partial charge in [0.15, 0.2) is 5.78 Å². The molecule has 1 aromatic heterocycles. The normalized spacial score (nSPS) is 10.9. The number of nitrogens with one attached hydrogen (secondary N) is 1. The monoisotopic (exact) mass is 299 g/mol.